The average Bonchev–Trinajstić information content (AvgIpc) is 3.17. The second-order valence-corrected chi connectivity index (χ2v) is 4.50. The molecular weight excluding hydrogens is 268 g/mol. The van der Waals surface area contributed by atoms with E-state index in [-0.39, 0.29) is 5.91 Å². The van der Waals surface area contributed by atoms with Gasteiger partial charge in [0.2, 0.25) is 0 Å². The highest BCUT2D eigenvalue weighted by molar-refractivity contribution is 5.92. The number of anilines is 1. The van der Waals surface area contributed by atoms with Crippen LogP contribution in [0.3, 0.4) is 0 Å². The number of carbonyl (C=O) groups is 1. The second kappa shape index (κ2) is 5.49. The molecule has 0 saturated carbocycles. The summed E-state index contributed by atoms with van der Waals surface area (Å²) in [6.45, 7) is 0.383. The maximum absolute atomic E-state index is 12.0. The van der Waals surface area contributed by atoms with Crippen LogP contribution in [0.15, 0.2) is 49.1 Å². The molecule has 0 spiro atoms. The van der Waals surface area contributed by atoms with Crippen LogP contribution in [0.5, 0.6) is 0 Å². The minimum atomic E-state index is -0.237. The van der Waals surface area contributed by atoms with Crippen molar-refractivity contribution < 1.29 is 4.79 Å². The number of nitrogens with two attached hydrogens (primary N) is 1. The van der Waals surface area contributed by atoms with Crippen LogP contribution in [0.1, 0.15) is 16.2 Å². The van der Waals surface area contributed by atoms with Crippen molar-refractivity contribution in [3.63, 3.8) is 0 Å². The van der Waals surface area contributed by atoms with Gasteiger partial charge in [-0.15, -0.1) is 0 Å². The number of hydrogen-bond donors (Lipinski definition) is 3. The summed E-state index contributed by atoms with van der Waals surface area (Å²) in [7, 11) is 0. The summed E-state index contributed by atoms with van der Waals surface area (Å²) in [6, 6.07) is 8.92. The number of nitrogens with one attached hydrogen (secondary N) is 2. The highest BCUT2D eigenvalue weighted by atomic mass is 16.1. The first-order valence-electron chi connectivity index (χ1n) is 6.39. The molecule has 0 aliphatic rings. The quantitative estimate of drug-likeness (QED) is 0.624. The van der Waals surface area contributed by atoms with Crippen molar-refractivity contribution in [2.24, 2.45) is 0 Å². The molecule has 0 aliphatic carbocycles. The van der Waals surface area contributed by atoms with Gasteiger partial charge in [-0.25, -0.2) is 9.67 Å². The molecular formula is C14H14N6O. The average molecular weight is 282 g/mol. The number of carbonyl (C=O) groups excluding carboxylic acids is 1. The van der Waals surface area contributed by atoms with E-state index in [1.54, 1.807) is 41.6 Å². The fraction of sp³-hybridized carbons (Fsp3) is 0.0714. The number of hydrogen-bond acceptors (Lipinski definition) is 4. The summed E-state index contributed by atoms with van der Waals surface area (Å²) in [6.07, 6.45) is 4.96. The van der Waals surface area contributed by atoms with Gasteiger partial charge in [0.1, 0.15) is 0 Å². The van der Waals surface area contributed by atoms with Gasteiger partial charge in [-0.05, 0) is 30.3 Å². The maximum atomic E-state index is 12.0. The van der Waals surface area contributed by atoms with Gasteiger partial charge in [0.05, 0.1) is 24.3 Å². The first kappa shape index (κ1) is 12.9. The van der Waals surface area contributed by atoms with Gasteiger partial charge in [0.25, 0.3) is 5.91 Å². The molecule has 0 aliphatic heterocycles. The van der Waals surface area contributed by atoms with E-state index in [2.05, 4.69) is 20.4 Å². The minimum absolute atomic E-state index is 0.237. The van der Waals surface area contributed by atoms with Gasteiger partial charge in [-0.2, -0.15) is 5.10 Å². The lowest BCUT2D eigenvalue weighted by molar-refractivity contribution is 0.0945. The van der Waals surface area contributed by atoms with Crippen LogP contribution in [0, 0.1) is 0 Å². The lowest BCUT2D eigenvalue weighted by Gasteiger charge is -2.02. The number of nitrogen functional groups attached to an aromatic ring is 1. The van der Waals surface area contributed by atoms with Gasteiger partial charge >= 0.3 is 0 Å². The molecule has 7 heteroatoms. The summed E-state index contributed by atoms with van der Waals surface area (Å²) in [5.41, 5.74) is 8.36. The lowest BCUT2D eigenvalue weighted by atomic mass is 10.3. The van der Waals surface area contributed by atoms with Crippen LogP contribution in [-0.4, -0.2) is 25.7 Å². The Morgan fingerprint density at radius 1 is 1.29 bits per heavy atom. The molecule has 1 amide bonds. The molecule has 0 radical (unpaired) electrons. The minimum Gasteiger partial charge on any atom is -0.399 e. The molecule has 106 valence electrons. The molecule has 0 fully saturated rings. The van der Waals surface area contributed by atoms with E-state index in [1.807, 2.05) is 12.1 Å². The summed E-state index contributed by atoms with van der Waals surface area (Å²) >= 11 is 0. The Morgan fingerprint density at radius 2 is 2.10 bits per heavy atom. The predicted octanol–water partition coefficient (Wildman–Crippen LogP) is 1.11. The normalized spacial score (nSPS) is 10.5. The molecule has 0 unspecified atom stereocenters. The van der Waals surface area contributed by atoms with E-state index in [9.17, 15) is 4.79 Å². The molecule has 21 heavy (non-hydrogen) atoms. The summed E-state index contributed by atoms with van der Waals surface area (Å²) < 4.78 is 1.63. The summed E-state index contributed by atoms with van der Waals surface area (Å²) in [5, 5.41) is 7.02. The Balaban J connectivity index is 1.69. The molecule has 3 aromatic rings. The zero-order valence-corrected chi connectivity index (χ0v) is 11.2. The molecule has 3 rings (SSSR count). The van der Waals surface area contributed by atoms with Crippen LogP contribution >= 0.6 is 0 Å². The second-order valence-electron chi connectivity index (χ2n) is 4.50. The Bertz CT molecular complexity index is 729. The lowest BCUT2D eigenvalue weighted by Crippen LogP contribution is -2.23. The molecule has 0 bridgehead atoms. The fourth-order valence-electron chi connectivity index (χ4n) is 1.86. The highest BCUT2D eigenvalue weighted by Gasteiger charge is 2.10. The number of imidazole rings is 1. The van der Waals surface area contributed by atoms with Crippen molar-refractivity contribution in [3.05, 3.63) is 60.4 Å². The summed E-state index contributed by atoms with van der Waals surface area (Å²) in [5.74, 6) is -0.237. The predicted molar refractivity (Wildman–Crippen MR) is 77.7 cm³/mol. The van der Waals surface area contributed by atoms with Gasteiger partial charge < -0.3 is 16.0 Å². The monoisotopic (exact) mass is 282 g/mol. The number of benzene rings is 1. The third-order valence-electron chi connectivity index (χ3n) is 2.97. The fourth-order valence-corrected chi connectivity index (χ4v) is 1.86. The molecule has 4 N–H and O–H groups in total. The van der Waals surface area contributed by atoms with E-state index in [0.717, 1.165) is 11.4 Å². The first-order valence-corrected chi connectivity index (χ1v) is 6.39. The third-order valence-corrected chi connectivity index (χ3v) is 2.97. The van der Waals surface area contributed by atoms with Crippen molar-refractivity contribution in [2.75, 3.05) is 5.73 Å². The summed E-state index contributed by atoms with van der Waals surface area (Å²) in [4.78, 5) is 18.8. The smallest absolute Gasteiger partial charge is 0.272 e. The van der Waals surface area contributed by atoms with Gasteiger partial charge in [0.15, 0.2) is 5.69 Å². The van der Waals surface area contributed by atoms with E-state index in [1.165, 1.54) is 0 Å². The van der Waals surface area contributed by atoms with Gasteiger partial charge in [0, 0.05) is 18.1 Å². The zero-order valence-electron chi connectivity index (χ0n) is 11.2. The highest BCUT2D eigenvalue weighted by Crippen LogP contribution is 2.10. The van der Waals surface area contributed by atoms with Crippen LogP contribution < -0.4 is 11.1 Å². The zero-order chi connectivity index (χ0) is 14.7. The molecule has 2 heterocycles. The van der Waals surface area contributed by atoms with Crippen LogP contribution in [0.25, 0.3) is 5.69 Å². The molecule has 0 atom stereocenters. The van der Waals surface area contributed by atoms with Crippen molar-refractivity contribution in [2.45, 2.75) is 6.54 Å². The topological polar surface area (TPSA) is 102 Å². The first-order chi connectivity index (χ1) is 10.2. The van der Waals surface area contributed by atoms with Crippen molar-refractivity contribution in [1.29, 1.82) is 0 Å². The van der Waals surface area contributed by atoms with Crippen LogP contribution in [0.2, 0.25) is 0 Å². The van der Waals surface area contributed by atoms with Gasteiger partial charge in [-0.3, -0.25) is 4.79 Å². The molecule has 2 aromatic heterocycles. The molecule has 1 aromatic carbocycles. The van der Waals surface area contributed by atoms with Crippen molar-refractivity contribution in [3.8, 4) is 5.69 Å². The number of aromatic nitrogens is 4. The maximum Gasteiger partial charge on any atom is 0.272 e. The van der Waals surface area contributed by atoms with E-state index < -0.39 is 0 Å². The van der Waals surface area contributed by atoms with E-state index in [4.69, 9.17) is 5.73 Å². The Morgan fingerprint density at radius 3 is 2.81 bits per heavy atom. The number of nitrogens with zero attached hydrogens (tertiary/aromatic N) is 3. The van der Waals surface area contributed by atoms with Crippen LogP contribution in [0.4, 0.5) is 5.69 Å². The Kier molecular flexibility index (Phi) is 3.38. The molecule has 0 saturated heterocycles. The number of aromatic amines is 1. The van der Waals surface area contributed by atoms with E-state index >= 15 is 0 Å². The number of rotatable bonds is 4. The number of amides is 1. The Labute approximate surface area is 120 Å². The van der Waals surface area contributed by atoms with E-state index in [0.29, 0.717) is 17.9 Å². The van der Waals surface area contributed by atoms with Crippen molar-refractivity contribution in [1.82, 2.24) is 25.1 Å². The SMILES string of the molecule is Nc1ccc(-n2ccc(C(=O)NCc3cnc[nH]3)n2)cc1. The standard InChI is InChI=1S/C14H14N6O/c15-10-1-3-12(4-2-10)20-6-5-13(19-20)14(21)17-8-11-7-16-9-18-11/h1-7,9H,8,15H2,(H,16,18)(H,17,21). The van der Waals surface area contributed by atoms with Gasteiger partial charge in [-0.1, -0.05) is 0 Å². The van der Waals surface area contributed by atoms with Crippen molar-refractivity contribution >= 4 is 11.6 Å². The number of H-pyrrole nitrogens is 1. The largest absolute Gasteiger partial charge is 0.399 e. The molecule has 7 nitrogen and oxygen atoms in total. The van der Waals surface area contributed by atoms with Crippen LogP contribution in [-0.2, 0) is 6.54 Å². The Hall–Kier alpha value is -3.09. The third kappa shape index (κ3) is 2.92.